The Balaban J connectivity index is 2.47. The van der Waals surface area contributed by atoms with Gasteiger partial charge in [-0.3, -0.25) is 4.98 Å². The molecule has 0 radical (unpaired) electrons. The van der Waals surface area contributed by atoms with Gasteiger partial charge in [-0.1, -0.05) is 0 Å². The van der Waals surface area contributed by atoms with Crippen molar-refractivity contribution >= 4 is 11.8 Å². The molecule has 0 atom stereocenters. The van der Waals surface area contributed by atoms with E-state index < -0.39 is 11.7 Å². The minimum absolute atomic E-state index is 0.265. The molecule has 0 aliphatic carbocycles. The van der Waals surface area contributed by atoms with Gasteiger partial charge in [0.05, 0.1) is 17.9 Å². The summed E-state index contributed by atoms with van der Waals surface area (Å²) >= 11 is 0. The molecule has 0 saturated carbocycles. The van der Waals surface area contributed by atoms with E-state index in [0.29, 0.717) is 11.4 Å². The third-order valence-corrected chi connectivity index (χ3v) is 1.72. The number of pyridine rings is 1. The summed E-state index contributed by atoms with van der Waals surface area (Å²) in [6.07, 6.45) is 1.15. The molecule has 5 heteroatoms. The lowest BCUT2D eigenvalue weighted by Crippen LogP contribution is -2.32. The number of aromatic nitrogens is 1. The first-order chi connectivity index (χ1) is 7.38. The highest BCUT2D eigenvalue weighted by atomic mass is 16.6. The van der Waals surface area contributed by atoms with Crippen LogP contribution in [0.5, 0.6) is 0 Å². The number of amides is 1. The van der Waals surface area contributed by atoms with Crippen molar-refractivity contribution in [3.05, 3.63) is 24.0 Å². The minimum Gasteiger partial charge on any atom is -0.444 e. The zero-order valence-electron chi connectivity index (χ0n) is 9.78. The number of rotatable bonds is 2. The molecule has 0 fully saturated rings. The van der Waals surface area contributed by atoms with E-state index in [1.165, 1.54) is 0 Å². The molecular formula is C11H17N3O2. The molecule has 1 rings (SSSR count). The van der Waals surface area contributed by atoms with Crippen LogP contribution in [0.3, 0.4) is 0 Å². The van der Waals surface area contributed by atoms with Crippen molar-refractivity contribution in [3.8, 4) is 0 Å². The summed E-state index contributed by atoms with van der Waals surface area (Å²) in [6, 6.07) is 3.48. The van der Waals surface area contributed by atoms with Crippen LogP contribution in [0.2, 0.25) is 0 Å². The lowest BCUT2D eigenvalue weighted by atomic mass is 10.2. The highest BCUT2D eigenvalue weighted by Gasteiger charge is 2.15. The molecule has 88 valence electrons. The molecule has 0 aliphatic rings. The summed E-state index contributed by atoms with van der Waals surface area (Å²) in [6.45, 7) is 5.69. The second kappa shape index (κ2) is 4.83. The van der Waals surface area contributed by atoms with Crippen LogP contribution in [0.25, 0.3) is 0 Å². The van der Waals surface area contributed by atoms with Crippen molar-refractivity contribution in [1.29, 1.82) is 0 Å². The van der Waals surface area contributed by atoms with E-state index in [2.05, 4.69) is 10.3 Å². The third kappa shape index (κ3) is 4.16. The Morgan fingerprint density at radius 3 is 2.81 bits per heavy atom. The molecule has 0 bridgehead atoms. The Labute approximate surface area is 95.0 Å². The average Bonchev–Trinajstić information content (AvgIpc) is 2.14. The zero-order chi connectivity index (χ0) is 12.2. The number of carbonyl (C=O) groups excluding carboxylic acids is 1. The van der Waals surface area contributed by atoms with Crippen molar-refractivity contribution in [2.24, 2.45) is 0 Å². The van der Waals surface area contributed by atoms with Crippen molar-refractivity contribution in [3.63, 3.8) is 0 Å². The summed E-state index contributed by atoms with van der Waals surface area (Å²) in [7, 11) is 0. The van der Waals surface area contributed by atoms with Crippen molar-refractivity contribution in [2.45, 2.75) is 32.9 Å². The molecule has 1 aromatic heterocycles. The number of anilines is 1. The highest BCUT2D eigenvalue weighted by molar-refractivity contribution is 5.67. The van der Waals surface area contributed by atoms with Crippen LogP contribution in [-0.2, 0) is 11.3 Å². The Kier molecular flexibility index (Phi) is 3.71. The maximum Gasteiger partial charge on any atom is 0.407 e. The summed E-state index contributed by atoms with van der Waals surface area (Å²) in [5.41, 5.74) is 6.37. The molecular weight excluding hydrogens is 206 g/mol. The van der Waals surface area contributed by atoms with E-state index in [1.807, 2.05) is 20.8 Å². The number of nitrogen functional groups attached to an aromatic ring is 1. The first-order valence-electron chi connectivity index (χ1n) is 5.05. The second-order valence-electron chi connectivity index (χ2n) is 4.39. The van der Waals surface area contributed by atoms with Gasteiger partial charge in [0.25, 0.3) is 0 Å². The van der Waals surface area contributed by atoms with Crippen molar-refractivity contribution < 1.29 is 9.53 Å². The summed E-state index contributed by atoms with van der Waals surface area (Å²) in [5.74, 6) is 0. The summed E-state index contributed by atoms with van der Waals surface area (Å²) < 4.78 is 5.08. The molecule has 1 heterocycles. The molecule has 0 saturated heterocycles. The number of hydrogen-bond donors (Lipinski definition) is 2. The number of alkyl carbamates (subject to hydrolysis) is 1. The largest absolute Gasteiger partial charge is 0.444 e. The van der Waals surface area contributed by atoms with Crippen LogP contribution in [0.1, 0.15) is 26.5 Å². The lowest BCUT2D eigenvalue weighted by molar-refractivity contribution is 0.0523. The number of nitrogens with two attached hydrogens (primary N) is 1. The number of hydrogen-bond acceptors (Lipinski definition) is 4. The van der Waals surface area contributed by atoms with E-state index >= 15 is 0 Å². The fourth-order valence-corrected chi connectivity index (χ4v) is 1.07. The average molecular weight is 223 g/mol. The number of nitrogens with one attached hydrogen (secondary N) is 1. The van der Waals surface area contributed by atoms with Crippen LogP contribution in [-0.4, -0.2) is 16.7 Å². The van der Waals surface area contributed by atoms with Gasteiger partial charge in [0.15, 0.2) is 0 Å². The number of ether oxygens (including phenoxy) is 1. The van der Waals surface area contributed by atoms with E-state index in [9.17, 15) is 4.79 Å². The molecule has 1 amide bonds. The quantitative estimate of drug-likeness (QED) is 0.799. The third-order valence-electron chi connectivity index (χ3n) is 1.72. The Morgan fingerprint density at radius 2 is 2.25 bits per heavy atom. The zero-order valence-corrected chi connectivity index (χ0v) is 9.78. The molecule has 1 aromatic rings. The van der Waals surface area contributed by atoms with E-state index in [0.717, 1.165) is 0 Å². The van der Waals surface area contributed by atoms with Gasteiger partial charge in [0.2, 0.25) is 0 Å². The monoisotopic (exact) mass is 223 g/mol. The standard InChI is InChI=1S/C11H17N3O2/c1-11(2,3)16-10(15)14-7-9-8(12)5-4-6-13-9/h4-6H,7,12H2,1-3H3,(H,14,15). The fraction of sp³-hybridized carbons (Fsp3) is 0.455. The maximum atomic E-state index is 11.3. The lowest BCUT2D eigenvalue weighted by Gasteiger charge is -2.19. The fourth-order valence-electron chi connectivity index (χ4n) is 1.07. The van der Waals surface area contributed by atoms with Gasteiger partial charge < -0.3 is 15.8 Å². The first-order valence-corrected chi connectivity index (χ1v) is 5.05. The Hall–Kier alpha value is -1.78. The SMILES string of the molecule is CC(C)(C)OC(=O)NCc1ncccc1N. The topological polar surface area (TPSA) is 77.2 Å². The van der Waals surface area contributed by atoms with Crippen LogP contribution >= 0.6 is 0 Å². The molecule has 0 unspecified atom stereocenters. The summed E-state index contributed by atoms with van der Waals surface area (Å²) in [4.78, 5) is 15.4. The second-order valence-corrected chi connectivity index (χ2v) is 4.39. The predicted octanol–water partition coefficient (Wildman–Crippen LogP) is 1.69. The van der Waals surface area contributed by atoms with Gasteiger partial charge in [-0.15, -0.1) is 0 Å². The van der Waals surface area contributed by atoms with Gasteiger partial charge in [0, 0.05) is 6.20 Å². The van der Waals surface area contributed by atoms with Crippen LogP contribution in [0.4, 0.5) is 10.5 Å². The molecule has 3 N–H and O–H groups in total. The van der Waals surface area contributed by atoms with E-state index in [4.69, 9.17) is 10.5 Å². The maximum absolute atomic E-state index is 11.3. The van der Waals surface area contributed by atoms with Crippen LogP contribution in [0, 0.1) is 0 Å². The van der Waals surface area contributed by atoms with Crippen molar-refractivity contribution in [1.82, 2.24) is 10.3 Å². The molecule has 0 spiro atoms. The van der Waals surface area contributed by atoms with Gasteiger partial charge in [-0.2, -0.15) is 0 Å². The van der Waals surface area contributed by atoms with Gasteiger partial charge in [-0.05, 0) is 32.9 Å². The highest BCUT2D eigenvalue weighted by Crippen LogP contribution is 2.08. The van der Waals surface area contributed by atoms with Gasteiger partial charge >= 0.3 is 6.09 Å². The van der Waals surface area contributed by atoms with E-state index in [-0.39, 0.29) is 6.54 Å². The predicted molar refractivity (Wildman–Crippen MR) is 61.7 cm³/mol. The number of carbonyl (C=O) groups is 1. The molecule has 16 heavy (non-hydrogen) atoms. The minimum atomic E-state index is -0.500. The van der Waals surface area contributed by atoms with Gasteiger partial charge in [0.1, 0.15) is 5.60 Å². The van der Waals surface area contributed by atoms with Gasteiger partial charge in [-0.25, -0.2) is 4.79 Å². The van der Waals surface area contributed by atoms with Crippen molar-refractivity contribution in [2.75, 3.05) is 5.73 Å². The van der Waals surface area contributed by atoms with Crippen LogP contribution in [0.15, 0.2) is 18.3 Å². The first kappa shape index (κ1) is 12.3. The number of nitrogens with zero attached hydrogens (tertiary/aromatic N) is 1. The Morgan fingerprint density at radius 1 is 1.56 bits per heavy atom. The molecule has 5 nitrogen and oxygen atoms in total. The summed E-state index contributed by atoms with van der Waals surface area (Å²) in [5, 5.41) is 2.59. The van der Waals surface area contributed by atoms with Crippen LogP contribution < -0.4 is 11.1 Å². The molecule has 0 aliphatic heterocycles. The normalized spacial score (nSPS) is 10.9. The Bertz CT molecular complexity index is 372. The molecule has 0 aromatic carbocycles. The van der Waals surface area contributed by atoms with E-state index in [1.54, 1.807) is 18.3 Å². The smallest absolute Gasteiger partial charge is 0.407 e.